The molecule has 2 aromatic carbocycles. The van der Waals surface area contributed by atoms with E-state index in [1.165, 1.54) is 17.7 Å². The highest BCUT2D eigenvalue weighted by molar-refractivity contribution is 5.93. The van der Waals surface area contributed by atoms with Gasteiger partial charge in [0.1, 0.15) is 18.2 Å². The molecule has 5 heteroatoms. The van der Waals surface area contributed by atoms with E-state index in [0.717, 1.165) is 25.1 Å². The highest BCUT2D eigenvalue weighted by Gasteiger charge is 2.21. The predicted molar refractivity (Wildman–Crippen MR) is 87.4 cm³/mol. The molecule has 2 aromatic rings. The molecule has 0 atom stereocenters. The lowest BCUT2D eigenvalue weighted by Crippen LogP contribution is -2.44. The maximum atomic E-state index is 12.8. The Morgan fingerprint density at radius 3 is 2.78 bits per heavy atom. The molecule has 23 heavy (non-hydrogen) atoms. The number of ether oxygens (including phenoxy) is 1. The van der Waals surface area contributed by atoms with E-state index in [-0.39, 0.29) is 11.8 Å². The maximum absolute atomic E-state index is 12.8. The first-order valence-corrected chi connectivity index (χ1v) is 7.76. The predicted octanol–water partition coefficient (Wildman–Crippen LogP) is 3.37. The number of halogens is 1. The minimum Gasteiger partial charge on any atom is -0.492 e. The van der Waals surface area contributed by atoms with Gasteiger partial charge < -0.3 is 10.1 Å². The lowest BCUT2D eigenvalue weighted by molar-refractivity contribution is 0.241. The van der Waals surface area contributed by atoms with Crippen LogP contribution in [0.3, 0.4) is 0 Å². The number of carbonyl (C=O) groups excluding carboxylic acids is 1. The van der Waals surface area contributed by atoms with Gasteiger partial charge in [-0.3, -0.25) is 4.90 Å². The van der Waals surface area contributed by atoms with Crippen molar-refractivity contribution in [1.82, 2.24) is 5.32 Å². The van der Waals surface area contributed by atoms with E-state index in [9.17, 15) is 9.18 Å². The quantitative estimate of drug-likeness (QED) is 0.879. The number of amides is 2. The lowest BCUT2D eigenvalue weighted by Gasteiger charge is -2.29. The third-order valence-corrected chi connectivity index (χ3v) is 3.82. The number of nitrogens with zero attached hydrogens (tertiary/aromatic N) is 1. The molecule has 2 amide bonds. The van der Waals surface area contributed by atoms with Crippen LogP contribution in [0.2, 0.25) is 0 Å². The largest absolute Gasteiger partial charge is 0.492 e. The van der Waals surface area contributed by atoms with Gasteiger partial charge in [0.2, 0.25) is 0 Å². The van der Waals surface area contributed by atoms with Crippen LogP contribution in [0.5, 0.6) is 5.75 Å². The zero-order chi connectivity index (χ0) is 16.1. The monoisotopic (exact) mass is 314 g/mol. The van der Waals surface area contributed by atoms with Gasteiger partial charge in [-0.25, -0.2) is 9.18 Å². The van der Waals surface area contributed by atoms with E-state index in [2.05, 4.69) is 11.4 Å². The van der Waals surface area contributed by atoms with Gasteiger partial charge in [-0.1, -0.05) is 18.2 Å². The summed E-state index contributed by atoms with van der Waals surface area (Å²) in [4.78, 5) is 14.1. The van der Waals surface area contributed by atoms with Crippen LogP contribution in [0.25, 0.3) is 0 Å². The summed E-state index contributed by atoms with van der Waals surface area (Å²) in [5.74, 6) is 0.290. The summed E-state index contributed by atoms with van der Waals surface area (Å²) in [6.07, 6.45) is 1.98. The van der Waals surface area contributed by atoms with Crippen molar-refractivity contribution in [3.05, 3.63) is 59.9 Å². The second kappa shape index (κ2) is 7.13. The Kier molecular flexibility index (Phi) is 4.76. The number of benzene rings is 2. The molecular weight excluding hydrogens is 295 g/mol. The molecule has 3 rings (SSSR count). The first-order chi connectivity index (χ1) is 11.2. The lowest BCUT2D eigenvalue weighted by atomic mass is 10.0. The van der Waals surface area contributed by atoms with Gasteiger partial charge in [0, 0.05) is 12.2 Å². The van der Waals surface area contributed by atoms with Crippen molar-refractivity contribution in [2.45, 2.75) is 12.8 Å². The molecule has 0 fully saturated rings. The van der Waals surface area contributed by atoms with E-state index < -0.39 is 0 Å². The number of carbonyl (C=O) groups is 1. The van der Waals surface area contributed by atoms with E-state index in [0.29, 0.717) is 18.9 Å². The van der Waals surface area contributed by atoms with Crippen LogP contribution in [0.1, 0.15) is 12.0 Å². The zero-order valence-corrected chi connectivity index (χ0v) is 12.8. The second-order valence-electron chi connectivity index (χ2n) is 5.42. The highest BCUT2D eigenvalue weighted by Crippen LogP contribution is 2.26. The van der Waals surface area contributed by atoms with Gasteiger partial charge >= 0.3 is 6.03 Å². The number of fused-ring (bicyclic) bond motifs is 1. The first kappa shape index (κ1) is 15.3. The van der Waals surface area contributed by atoms with Gasteiger partial charge in [-0.2, -0.15) is 0 Å². The standard InChI is InChI=1S/C18H19FN2O2/c19-15-7-9-16(10-8-15)23-13-11-20-18(22)21-12-3-5-14-4-1-2-6-17(14)21/h1-2,4,6-10H,3,5,11-13H2,(H,20,22). The molecule has 4 nitrogen and oxygen atoms in total. The number of nitrogens with one attached hydrogen (secondary N) is 1. The highest BCUT2D eigenvalue weighted by atomic mass is 19.1. The van der Waals surface area contributed by atoms with Gasteiger partial charge in [0.05, 0.1) is 6.54 Å². The topological polar surface area (TPSA) is 41.6 Å². The molecule has 0 aliphatic carbocycles. The van der Waals surface area contributed by atoms with E-state index in [4.69, 9.17) is 4.74 Å². The van der Waals surface area contributed by atoms with E-state index in [1.54, 1.807) is 17.0 Å². The number of urea groups is 1. The molecule has 0 unspecified atom stereocenters. The van der Waals surface area contributed by atoms with Crippen LogP contribution in [-0.2, 0) is 6.42 Å². The van der Waals surface area contributed by atoms with Crippen molar-refractivity contribution in [3.8, 4) is 5.75 Å². The molecule has 1 aliphatic rings. The molecule has 1 heterocycles. The van der Waals surface area contributed by atoms with Crippen molar-refractivity contribution < 1.29 is 13.9 Å². The van der Waals surface area contributed by atoms with Gasteiger partial charge in [-0.15, -0.1) is 0 Å². The van der Waals surface area contributed by atoms with Crippen LogP contribution in [0.15, 0.2) is 48.5 Å². The molecule has 1 N–H and O–H groups in total. The average Bonchev–Trinajstić information content (AvgIpc) is 2.59. The van der Waals surface area contributed by atoms with Crippen LogP contribution in [0.4, 0.5) is 14.9 Å². The summed E-state index contributed by atoms with van der Waals surface area (Å²) in [6, 6.07) is 13.7. The van der Waals surface area contributed by atoms with Gasteiger partial charge in [0.25, 0.3) is 0 Å². The zero-order valence-electron chi connectivity index (χ0n) is 12.8. The molecule has 0 spiro atoms. The molecule has 0 saturated carbocycles. The van der Waals surface area contributed by atoms with E-state index >= 15 is 0 Å². The van der Waals surface area contributed by atoms with Crippen LogP contribution in [0, 0.1) is 5.82 Å². The van der Waals surface area contributed by atoms with Crippen molar-refractivity contribution in [3.63, 3.8) is 0 Å². The second-order valence-corrected chi connectivity index (χ2v) is 5.42. The van der Waals surface area contributed by atoms with Gasteiger partial charge in [-0.05, 0) is 48.7 Å². The minimum absolute atomic E-state index is 0.111. The third-order valence-electron chi connectivity index (χ3n) is 3.82. The van der Waals surface area contributed by atoms with Crippen molar-refractivity contribution in [1.29, 1.82) is 0 Å². The summed E-state index contributed by atoms with van der Waals surface area (Å²) in [7, 11) is 0. The van der Waals surface area contributed by atoms with Crippen LogP contribution >= 0.6 is 0 Å². The third kappa shape index (κ3) is 3.80. The van der Waals surface area contributed by atoms with Gasteiger partial charge in [0.15, 0.2) is 0 Å². The molecule has 0 saturated heterocycles. The smallest absolute Gasteiger partial charge is 0.321 e. The number of para-hydroxylation sites is 1. The molecule has 0 radical (unpaired) electrons. The Labute approximate surface area is 134 Å². The fourth-order valence-electron chi connectivity index (χ4n) is 2.70. The summed E-state index contributed by atoms with van der Waals surface area (Å²) in [5, 5.41) is 2.86. The summed E-state index contributed by atoms with van der Waals surface area (Å²) in [6.45, 7) is 1.46. The fraction of sp³-hybridized carbons (Fsp3) is 0.278. The van der Waals surface area contributed by atoms with Crippen molar-refractivity contribution >= 4 is 11.7 Å². The van der Waals surface area contributed by atoms with Crippen LogP contribution < -0.4 is 15.0 Å². The molecule has 0 bridgehead atoms. The van der Waals surface area contributed by atoms with Crippen molar-refractivity contribution in [2.75, 3.05) is 24.6 Å². The minimum atomic E-state index is -0.297. The number of anilines is 1. The molecule has 0 aromatic heterocycles. The Hall–Kier alpha value is -2.56. The molecular formula is C18H19FN2O2. The summed E-state index contributed by atoms with van der Waals surface area (Å²) in [5.41, 5.74) is 2.19. The van der Waals surface area contributed by atoms with Crippen molar-refractivity contribution in [2.24, 2.45) is 0 Å². The van der Waals surface area contributed by atoms with E-state index in [1.807, 2.05) is 18.2 Å². The van der Waals surface area contributed by atoms with Crippen LogP contribution in [-0.4, -0.2) is 25.7 Å². The summed E-state index contributed by atoms with van der Waals surface area (Å²) >= 11 is 0. The SMILES string of the molecule is O=C(NCCOc1ccc(F)cc1)N1CCCc2ccccc21. The summed E-state index contributed by atoms with van der Waals surface area (Å²) < 4.78 is 18.3. The Bertz CT molecular complexity index is 673. The Balaban J connectivity index is 1.49. The normalized spacial score (nSPS) is 13.3. The first-order valence-electron chi connectivity index (χ1n) is 7.76. The molecule has 1 aliphatic heterocycles. The maximum Gasteiger partial charge on any atom is 0.321 e. The number of rotatable bonds is 4. The number of hydrogen-bond acceptors (Lipinski definition) is 2. The molecule has 120 valence electrons. The average molecular weight is 314 g/mol. The fourth-order valence-corrected chi connectivity index (χ4v) is 2.70. The number of aryl methyl sites for hydroxylation is 1. The Morgan fingerprint density at radius 2 is 1.96 bits per heavy atom. The number of hydrogen-bond donors (Lipinski definition) is 1. The Morgan fingerprint density at radius 1 is 1.17 bits per heavy atom.